The van der Waals surface area contributed by atoms with Crippen LogP contribution in [0.2, 0.25) is 0 Å². The highest BCUT2D eigenvalue weighted by Crippen LogP contribution is 2.21. The normalized spacial score (nSPS) is 10.0. The van der Waals surface area contributed by atoms with Gasteiger partial charge in [0.1, 0.15) is 26.4 Å². The molecule has 0 aliphatic carbocycles. The molecule has 10 nitrogen and oxygen atoms in total. The fourth-order valence-corrected chi connectivity index (χ4v) is 1.29. The lowest BCUT2D eigenvalue weighted by atomic mass is 9.92. The molecule has 0 bridgehead atoms. The third-order valence-corrected chi connectivity index (χ3v) is 2.54. The Morgan fingerprint density at radius 2 is 1.17 bits per heavy atom. The standard InChI is InChI=1S/C14H17NO9/c1-4-11(16)21-7-14(10-24-15(19)20,8-22-12(17)5-2)9-23-13(18)6-3/h4-6H,1-3,7-10H2. The van der Waals surface area contributed by atoms with E-state index in [4.69, 9.17) is 14.2 Å². The van der Waals surface area contributed by atoms with E-state index in [1.54, 1.807) is 0 Å². The fraction of sp³-hybridized carbons (Fsp3) is 0.357. The Labute approximate surface area is 137 Å². The van der Waals surface area contributed by atoms with E-state index in [0.717, 1.165) is 18.2 Å². The Morgan fingerprint density at radius 1 is 0.833 bits per heavy atom. The molecule has 0 heterocycles. The molecular formula is C14H17NO9. The number of esters is 3. The van der Waals surface area contributed by atoms with E-state index in [0.29, 0.717) is 0 Å². The summed E-state index contributed by atoms with van der Waals surface area (Å²) in [5, 5.41) is 9.35. The summed E-state index contributed by atoms with van der Waals surface area (Å²) >= 11 is 0. The van der Waals surface area contributed by atoms with Crippen molar-refractivity contribution < 1.29 is 38.5 Å². The smallest absolute Gasteiger partial charge is 0.330 e. The van der Waals surface area contributed by atoms with Crippen molar-refractivity contribution in [2.45, 2.75) is 0 Å². The molecule has 0 aromatic heterocycles. The Bertz CT molecular complexity index is 467. The molecule has 0 aliphatic heterocycles. The quantitative estimate of drug-likeness (QED) is 0.162. The molecule has 24 heavy (non-hydrogen) atoms. The zero-order valence-corrected chi connectivity index (χ0v) is 12.8. The second kappa shape index (κ2) is 10.5. The minimum Gasteiger partial charge on any atom is -0.462 e. The van der Waals surface area contributed by atoms with Crippen molar-refractivity contribution >= 4 is 17.9 Å². The van der Waals surface area contributed by atoms with Crippen molar-refractivity contribution in [2.24, 2.45) is 5.41 Å². The molecule has 0 radical (unpaired) electrons. The average Bonchev–Trinajstić information content (AvgIpc) is 2.59. The van der Waals surface area contributed by atoms with Crippen LogP contribution in [-0.4, -0.2) is 49.4 Å². The fourth-order valence-electron chi connectivity index (χ4n) is 1.29. The van der Waals surface area contributed by atoms with Gasteiger partial charge in [0.25, 0.3) is 5.09 Å². The van der Waals surface area contributed by atoms with Gasteiger partial charge in [0.15, 0.2) is 0 Å². The van der Waals surface area contributed by atoms with Crippen LogP contribution in [0.3, 0.4) is 0 Å². The van der Waals surface area contributed by atoms with E-state index in [1.807, 2.05) is 0 Å². The summed E-state index contributed by atoms with van der Waals surface area (Å²) in [4.78, 5) is 48.4. The number of carbonyl (C=O) groups excluding carboxylic acids is 3. The van der Waals surface area contributed by atoms with Crippen LogP contribution >= 0.6 is 0 Å². The monoisotopic (exact) mass is 343 g/mol. The van der Waals surface area contributed by atoms with Crippen molar-refractivity contribution in [3.8, 4) is 0 Å². The summed E-state index contributed by atoms with van der Waals surface area (Å²) in [6, 6.07) is 0. The zero-order chi connectivity index (χ0) is 18.6. The molecule has 0 fully saturated rings. The topological polar surface area (TPSA) is 131 Å². The van der Waals surface area contributed by atoms with Crippen LogP contribution in [0, 0.1) is 15.5 Å². The number of carbonyl (C=O) groups is 3. The molecule has 0 spiro atoms. The van der Waals surface area contributed by atoms with Crippen LogP contribution in [0.15, 0.2) is 38.0 Å². The molecule has 0 aliphatic rings. The van der Waals surface area contributed by atoms with Gasteiger partial charge in [-0.25, -0.2) is 14.4 Å². The second-order valence-corrected chi connectivity index (χ2v) is 4.43. The van der Waals surface area contributed by atoms with Gasteiger partial charge in [0.05, 0.1) is 5.41 Å². The molecule has 0 rings (SSSR count). The molecule has 0 unspecified atom stereocenters. The van der Waals surface area contributed by atoms with Crippen LogP contribution in [0.4, 0.5) is 0 Å². The SMILES string of the molecule is C=CC(=O)OCC(COC(=O)C=C)(COC(=O)C=C)CO[N+](=O)[O-]. The summed E-state index contributed by atoms with van der Waals surface area (Å²) in [5.74, 6) is -2.48. The van der Waals surface area contributed by atoms with Gasteiger partial charge in [-0.2, -0.15) is 0 Å². The zero-order valence-electron chi connectivity index (χ0n) is 12.8. The molecule has 0 saturated heterocycles. The maximum absolute atomic E-state index is 11.2. The molecule has 0 aromatic rings. The lowest BCUT2D eigenvalue weighted by Gasteiger charge is -2.30. The van der Waals surface area contributed by atoms with E-state index < -0.39 is 54.8 Å². The van der Waals surface area contributed by atoms with Gasteiger partial charge in [-0.15, -0.1) is 10.1 Å². The minimum atomic E-state index is -1.51. The van der Waals surface area contributed by atoms with Crippen LogP contribution in [-0.2, 0) is 33.4 Å². The van der Waals surface area contributed by atoms with Gasteiger partial charge >= 0.3 is 17.9 Å². The van der Waals surface area contributed by atoms with Gasteiger partial charge in [-0.05, 0) is 0 Å². The highest BCUT2D eigenvalue weighted by atomic mass is 17.0. The third kappa shape index (κ3) is 8.32. The van der Waals surface area contributed by atoms with Crippen LogP contribution in [0.1, 0.15) is 0 Å². The Kier molecular flexibility index (Phi) is 9.15. The van der Waals surface area contributed by atoms with Crippen LogP contribution < -0.4 is 0 Å². The summed E-state index contributed by atoms with van der Waals surface area (Å²) in [6.45, 7) is 7.43. The van der Waals surface area contributed by atoms with Crippen LogP contribution in [0.25, 0.3) is 0 Å². The summed E-state index contributed by atoms with van der Waals surface area (Å²) in [5.41, 5.74) is -1.51. The first kappa shape index (κ1) is 20.8. The molecule has 132 valence electrons. The Morgan fingerprint density at radius 3 is 1.42 bits per heavy atom. The van der Waals surface area contributed by atoms with Crippen molar-refractivity contribution in [3.63, 3.8) is 0 Å². The second-order valence-electron chi connectivity index (χ2n) is 4.43. The first-order valence-electron chi connectivity index (χ1n) is 6.43. The van der Waals surface area contributed by atoms with Crippen molar-refractivity contribution in [1.82, 2.24) is 0 Å². The van der Waals surface area contributed by atoms with Crippen LogP contribution in [0.5, 0.6) is 0 Å². The van der Waals surface area contributed by atoms with Crippen molar-refractivity contribution in [1.29, 1.82) is 0 Å². The van der Waals surface area contributed by atoms with E-state index in [1.165, 1.54) is 0 Å². The van der Waals surface area contributed by atoms with Gasteiger partial charge in [0, 0.05) is 18.2 Å². The van der Waals surface area contributed by atoms with E-state index >= 15 is 0 Å². The van der Waals surface area contributed by atoms with Crippen molar-refractivity contribution in [3.05, 3.63) is 48.1 Å². The molecule has 0 N–H and O–H groups in total. The highest BCUT2D eigenvalue weighted by molar-refractivity contribution is 5.82. The van der Waals surface area contributed by atoms with Gasteiger partial charge < -0.3 is 19.0 Å². The Balaban J connectivity index is 5.27. The molecule has 0 amide bonds. The van der Waals surface area contributed by atoms with Crippen molar-refractivity contribution in [2.75, 3.05) is 26.4 Å². The predicted octanol–water partition coefficient (Wildman–Crippen LogP) is 0.369. The van der Waals surface area contributed by atoms with E-state index in [-0.39, 0.29) is 0 Å². The maximum atomic E-state index is 11.2. The van der Waals surface area contributed by atoms with Gasteiger partial charge in [-0.1, -0.05) is 19.7 Å². The lowest BCUT2D eigenvalue weighted by molar-refractivity contribution is -0.761. The summed E-state index contributed by atoms with van der Waals surface area (Å²) < 4.78 is 14.5. The molecular weight excluding hydrogens is 326 g/mol. The molecule has 0 saturated carbocycles. The highest BCUT2D eigenvalue weighted by Gasteiger charge is 2.37. The van der Waals surface area contributed by atoms with Gasteiger partial charge in [-0.3, -0.25) is 0 Å². The van der Waals surface area contributed by atoms with E-state index in [9.17, 15) is 24.5 Å². The number of hydrogen-bond donors (Lipinski definition) is 0. The summed E-state index contributed by atoms with van der Waals surface area (Å²) in [7, 11) is 0. The lowest BCUT2D eigenvalue weighted by Crippen LogP contribution is -2.43. The molecule has 0 aromatic carbocycles. The molecule has 10 heteroatoms. The minimum absolute atomic E-state index is 0.499. The number of rotatable bonds is 12. The van der Waals surface area contributed by atoms with E-state index in [2.05, 4.69) is 24.6 Å². The number of ether oxygens (including phenoxy) is 3. The third-order valence-electron chi connectivity index (χ3n) is 2.54. The Hall–Kier alpha value is -3.17. The first-order chi connectivity index (χ1) is 11.3. The summed E-state index contributed by atoms with van der Waals surface area (Å²) in [6.07, 6.45) is 2.60. The van der Waals surface area contributed by atoms with Gasteiger partial charge in [0.2, 0.25) is 0 Å². The first-order valence-corrected chi connectivity index (χ1v) is 6.43. The number of nitrogens with zero attached hydrogens (tertiary/aromatic N) is 1. The maximum Gasteiger partial charge on any atom is 0.330 e. The average molecular weight is 343 g/mol. The largest absolute Gasteiger partial charge is 0.462 e. The molecule has 0 atom stereocenters. The predicted molar refractivity (Wildman–Crippen MR) is 78.8 cm³/mol. The number of hydrogen-bond acceptors (Lipinski definition) is 9.